The Labute approximate surface area is 156 Å². The number of benzene rings is 1. The Morgan fingerprint density at radius 3 is 2.31 bits per heavy atom. The second-order valence-electron chi connectivity index (χ2n) is 7.45. The largest absolute Gasteiger partial charge is 0.368 e. The van der Waals surface area contributed by atoms with E-state index in [-0.39, 0.29) is 0 Å². The van der Waals surface area contributed by atoms with Crippen LogP contribution in [-0.4, -0.2) is 42.2 Å². The highest BCUT2D eigenvalue weighted by Crippen LogP contribution is 2.24. The lowest BCUT2D eigenvalue weighted by atomic mass is 9.95. The maximum absolute atomic E-state index is 4.70. The third-order valence-electron chi connectivity index (χ3n) is 5.51. The molecule has 1 N–H and O–H groups in total. The van der Waals surface area contributed by atoms with Crippen molar-refractivity contribution in [2.24, 2.45) is 0 Å². The summed E-state index contributed by atoms with van der Waals surface area (Å²) in [6.45, 7) is 6.04. The third-order valence-corrected chi connectivity index (χ3v) is 5.51. The van der Waals surface area contributed by atoms with Gasteiger partial charge in [-0.2, -0.15) is 0 Å². The van der Waals surface area contributed by atoms with Crippen molar-refractivity contribution in [1.29, 1.82) is 0 Å². The summed E-state index contributed by atoms with van der Waals surface area (Å²) < 4.78 is 0. The smallest absolute Gasteiger partial charge is 0.134 e. The average molecular weight is 351 g/mol. The number of nitrogens with one attached hydrogen (secondary N) is 1. The number of aryl methyl sites for hydroxylation is 1. The van der Waals surface area contributed by atoms with E-state index in [0.29, 0.717) is 6.04 Å². The first kappa shape index (κ1) is 17.1. The van der Waals surface area contributed by atoms with Crippen LogP contribution in [0.25, 0.3) is 0 Å². The van der Waals surface area contributed by atoms with Crippen LogP contribution in [0.15, 0.2) is 36.4 Å². The lowest BCUT2D eigenvalue weighted by Gasteiger charge is -2.37. The van der Waals surface area contributed by atoms with Gasteiger partial charge in [0.25, 0.3) is 0 Å². The molecule has 0 unspecified atom stereocenters. The van der Waals surface area contributed by atoms with Gasteiger partial charge < -0.3 is 15.1 Å². The molecule has 2 aliphatic rings. The van der Waals surface area contributed by atoms with Crippen molar-refractivity contribution in [2.75, 3.05) is 41.3 Å². The Hall–Kier alpha value is -2.30. The van der Waals surface area contributed by atoms with Gasteiger partial charge in [-0.05, 0) is 31.9 Å². The van der Waals surface area contributed by atoms with Gasteiger partial charge in [-0.25, -0.2) is 9.97 Å². The van der Waals surface area contributed by atoms with Gasteiger partial charge in [-0.15, -0.1) is 0 Å². The van der Waals surface area contributed by atoms with Crippen LogP contribution < -0.4 is 15.1 Å². The van der Waals surface area contributed by atoms with Crippen LogP contribution >= 0.6 is 0 Å². The lowest BCUT2D eigenvalue weighted by molar-refractivity contribution is 0.461. The van der Waals surface area contributed by atoms with E-state index >= 15 is 0 Å². The van der Waals surface area contributed by atoms with Crippen LogP contribution in [0, 0.1) is 6.92 Å². The van der Waals surface area contributed by atoms with Crippen molar-refractivity contribution in [1.82, 2.24) is 9.97 Å². The third kappa shape index (κ3) is 4.09. The highest BCUT2D eigenvalue weighted by Gasteiger charge is 2.20. The molecule has 138 valence electrons. The van der Waals surface area contributed by atoms with Gasteiger partial charge in [0, 0.05) is 44.0 Å². The van der Waals surface area contributed by atoms with Crippen LogP contribution in [0.5, 0.6) is 0 Å². The molecule has 0 bridgehead atoms. The van der Waals surface area contributed by atoms with Crippen molar-refractivity contribution < 1.29 is 0 Å². The number of rotatable bonds is 4. The molecule has 4 rings (SSSR count). The van der Waals surface area contributed by atoms with E-state index in [1.165, 1.54) is 37.8 Å². The number of para-hydroxylation sites is 1. The minimum absolute atomic E-state index is 0.570. The minimum Gasteiger partial charge on any atom is -0.368 e. The summed E-state index contributed by atoms with van der Waals surface area (Å²) >= 11 is 0. The quantitative estimate of drug-likeness (QED) is 0.906. The summed E-state index contributed by atoms with van der Waals surface area (Å²) in [5.41, 5.74) is 1.31. The number of anilines is 3. The molecule has 5 nitrogen and oxygen atoms in total. The molecular weight excluding hydrogens is 322 g/mol. The number of hydrogen-bond donors (Lipinski definition) is 1. The van der Waals surface area contributed by atoms with E-state index in [4.69, 9.17) is 4.98 Å². The molecule has 1 saturated heterocycles. The molecule has 5 heteroatoms. The zero-order chi connectivity index (χ0) is 17.8. The predicted molar refractivity (Wildman–Crippen MR) is 108 cm³/mol. The number of aromatic nitrogens is 2. The average Bonchev–Trinajstić information content (AvgIpc) is 2.69. The molecule has 0 atom stereocenters. The maximum Gasteiger partial charge on any atom is 0.134 e. The molecule has 2 heterocycles. The Kier molecular flexibility index (Phi) is 5.23. The summed E-state index contributed by atoms with van der Waals surface area (Å²) in [5.74, 6) is 2.90. The summed E-state index contributed by atoms with van der Waals surface area (Å²) in [6, 6.07) is 13.4. The molecule has 26 heavy (non-hydrogen) atoms. The van der Waals surface area contributed by atoms with Crippen molar-refractivity contribution in [3.05, 3.63) is 42.2 Å². The molecule has 0 radical (unpaired) electrons. The van der Waals surface area contributed by atoms with Crippen LogP contribution in [0.3, 0.4) is 0 Å². The molecule has 1 aromatic heterocycles. The molecule has 1 aliphatic heterocycles. The zero-order valence-corrected chi connectivity index (χ0v) is 15.7. The first-order chi connectivity index (χ1) is 12.8. The second-order valence-corrected chi connectivity index (χ2v) is 7.45. The maximum atomic E-state index is 4.70. The van der Waals surface area contributed by atoms with Gasteiger partial charge in [0.15, 0.2) is 0 Å². The van der Waals surface area contributed by atoms with E-state index < -0.39 is 0 Å². The molecule has 2 aromatic rings. The Morgan fingerprint density at radius 2 is 1.58 bits per heavy atom. The van der Waals surface area contributed by atoms with Gasteiger partial charge in [0.05, 0.1) is 0 Å². The van der Waals surface area contributed by atoms with Crippen LogP contribution in [0.4, 0.5) is 17.3 Å². The first-order valence-corrected chi connectivity index (χ1v) is 9.95. The SMILES string of the molecule is Cc1nc(NC2CCCCC2)cc(N2CCN(c3ccccc3)CC2)n1. The monoisotopic (exact) mass is 351 g/mol. The van der Waals surface area contributed by atoms with Gasteiger partial charge in [-0.3, -0.25) is 0 Å². The van der Waals surface area contributed by atoms with Crippen molar-refractivity contribution in [3.8, 4) is 0 Å². The minimum atomic E-state index is 0.570. The van der Waals surface area contributed by atoms with E-state index in [0.717, 1.165) is 43.6 Å². The predicted octanol–water partition coefficient (Wildman–Crippen LogP) is 3.86. The Balaban J connectivity index is 1.41. The van der Waals surface area contributed by atoms with Gasteiger partial charge in [0.1, 0.15) is 17.5 Å². The fourth-order valence-electron chi connectivity index (χ4n) is 4.08. The van der Waals surface area contributed by atoms with E-state index in [9.17, 15) is 0 Å². The van der Waals surface area contributed by atoms with Crippen LogP contribution in [0.1, 0.15) is 37.9 Å². The molecule has 1 aliphatic carbocycles. The summed E-state index contributed by atoms with van der Waals surface area (Å²) in [5, 5.41) is 3.65. The highest BCUT2D eigenvalue weighted by molar-refractivity contribution is 5.53. The number of piperazine rings is 1. The fourth-order valence-corrected chi connectivity index (χ4v) is 4.08. The van der Waals surface area contributed by atoms with Crippen molar-refractivity contribution in [2.45, 2.75) is 45.1 Å². The second kappa shape index (κ2) is 7.94. The van der Waals surface area contributed by atoms with Gasteiger partial charge in [0.2, 0.25) is 0 Å². The van der Waals surface area contributed by atoms with E-state index in [1.54, 1.807) is 0 Å². The molecule has 1 aromatic carbocycles. The molecule has 2 fully saturated rings. The van der Waals surface area contributed by atoms with E-state index in [2.05, 4.69) is 56.5 Å². The number of nitrogens with zero attached hydrogens (tertiary/aromatic N) is 4. The van der Waals surface area contributed by atoms with Crippen molar-refractivity contribution >= 4 is 17.3 Å². The summed E-state index contributed by atoms with van der Waals surface area (Å²) in [7, 11) is 0. The van der Waals surface area contributed by atoms with Crippen LogP contribution in [-0.2, 0) is 0 Å². The fraction of sp³-hybridized carbons (Fsp3) is 0.524. The topological polar surface area (TPSA) is 44.3 Å². The molecular formula is C21H29N5. The molecule has 0 spiro atoms. The molecule has 0 amide bonds. The summed E-state index contributed by atoms with van der Waals surface area (Å²) in [6.07, 6.45) is 6.55. The first-order valence-electron chi connectivity index (χ1n) is 9.95. The highest BCUT2D eigenvalue weighted by atomic mass is 15.3. The lowest BCUT2D eigenvalue weighted by Crippen LogP contribution is -2.47. The number of hydrogen-bond acceptors (Lipinski definition) is 5. The van der Waals surface area contributed by atoms with Crippen LogP contribution in [0.2, 0.25) is 0 Å². The standard InChI is InChI=1S/C21H29N5/c1-17-22-20(24-18-8-4-2-5-9-18)16-21(23-17)26-14-12-25(13-15-26)19-10-6-3-7-11-19/h3,6-7,10-11,16,18H,2,4-5,8-9,12-15H2,1H3,(H,22,23,24). The van der Waals surface area contributed by atoms with Gasteiger partial charge >= 0.3 is 0 Å². The van der Waals surface area contributed by atoms with Gasteiger partial charge in [-0.1, -0.05) is 37.5 Å². The Bertz CT molecular complexity index is 704. The normalized spacial score (nSPS) is 18.8. The van der Waals surface area contributed by atoms with Crippen molar-refractivity contribution in [3.63, 3.8) is 0 Å². The summed E-state index contributed by atoms with van der Waals surface area (Å²) in [4.78, 5) is 14.2. The zero-order valence-electron chi connectivity index (χ0n) is 15.7. The van der Waals surface area contributed by atoms with E-state index in [1.807, 2.05) is 6.92 Å². The Morgan fingerprint density at radius 1 is 0.885 bits per heavy atom. The molecule has 1 saturated carbocycles.